The van der Waals surface area contributed by atoms with E-state index >= 15 is 0 Å². The summed E-state index contributed by atoms with van der Waals surface area (Å²) >= 11 is 11.8. The van der Waals surface area contributed by atoms with E-state index in [0.717, 1.165) is 4.57 Å². The van der Waals surface area contributed by atoms with Gasteiger partial charge in [0.2, 0.25) is 0 Å². The van der Waals surface area contributed by atoms with Crippen molar-refractivity contribution in [2.24, 2.45) is 0 Å². The van der Waals surface area contributed by atoms with Crippen molar-refractivity contribution in [3.8, 4) is 5.69 Å². The van der Waals surface area contributed by atoms with E-state index in [1.807, 2.05) is 0 Å². The summed E-state index contributed by atoms with van der Waals surface area (Å²) in [5.41, 5.74) is 4.35. The molecule has 10 heteroatoms. The van der Waals surface area contributed by atoms with Crippen molar-refractivity contribution in [3.63, 3.8) is 0 Å². The Morgan fingerprint density at radius 3 is 2.76 bits per heavy atom. The summed E-state index contributed by atoms with van der Waals surface area (Å²) in [6.45, 7) is 0. The van der Waals surface area contributed by atoms with Crippen molar-refractivity contribution < 1.29 is 0 Å². The summed E-state index contributed by atoms with van der Waals surface area (Å²) < 4.78 is 1.07. The van der Waals surface area contributed by atoms with Crippen molar-refractivity contribution in [2.45, 2.75) is 0 Å². The first kappa shape index (κ1) is 13.5. The number of fused-ring (bicyclic) bond motifs is 1. The van der Waals surface area contributed by atoms with Gasteiger partial charge in [0.05, 0.1) is 11.9 Å². The minimum atomic E-state index is -0.739. The van der Waals surface area contributed by atoms with E-state index in [1.165, 1.54) is 18.5 Å². The molecule has 3 N–H and O–H groups in total. The van der Waals surface area contributed by atoms with Crippen LogP contribution in [0.4, 0.5) is 5.82 Å². The molecule has 3 aromatic heterocycles. The highest BCUT2D eigenvalue weighted by molar-refractivity contribution is 6.34. The topological polar surface area (TPSA) is 120 Å². The third-order valence-electron chi connectivity index (χ3n) is 2.71. The van der Waals surface area contributed by atoms with Crippen LogP contribution in [0, 0.1) is 0 Å². The zero-order chi connectivity index (χ0) is 15.1. The number of hydrogen-bond donors (Lipinski definition) is 2. The van der Waals surface area contributed by atoms with Gasteiger partial charge in [0, 0.05) is 6.20 Å². The Hall–Kier alpha value is -2.45. The lowest BCUT2D eigenvalue weighted by Crippen LogP contribution is -2.30. The van der Waals surface area contributed by atoms with E-state index in [9.17, 15) is 9.59 Å². The van der Waals surface area contributed by atoms with Gasteiger partial charge in [0.15, 0.2) is 11.2 Å². The molecule has 3 heterocycles. The fraction of sp³-hybridized carbons (Fsp3) is 0. The Morgan fingerprint density at radius 2 is 2.00 bits per heavy atom. The molecule has 106 valence electrons. The molecular weight excluding hydrogens is 319 g/mol. The second-order valence-electron chi connectivity index (χ2n) is 3.99. The zero-order valence-corrected chi connectivity index (χ0v) is 11.7. The molecule has 0 aromatic carbocycles. The van der Waals surface area contributed by atoms with E-state index in [0.29, 0.717) is 0 Å². The van der Waals surface area contributed by atoms with Crippen molar-refractivity contribution in [1.29, 1.82) is 0 Å². The second kappa shape index (κ2) is 4.83. The van der Waals surface area contributed by atoms with Crippen LogP contribution in [0.2, 0.25) is 10.2 Å². The fourth-order valence-corrected chi connectivity index (χ4v) is 2.15. The van der Waals surface area contributed by atoms with E-state index in [4.69, 9.17) is 28.9 Å². The highest BCUT2D eigenvalue weighted by Crippen LogP contribution is 2.24. The van der Waals surface area contributed by atoms with E-state index in [1.54, 1.807) is 0 Å². The maximum absolute atomic E-state index is 12.1. The van der Waals surface area contributed by atoms with Gasteiger partial charge < -0.3 is 5.73 Å². The molecule has 0 fully saturated rings. The van der Waals surface area contributed by atoms with Crippen LogP contribution in [-0.4, -0.2) is 24.5 Å². The predicted octanol–water partition coefficient (Wildman–Crippen LogP) is 0.753. The number of rotatable bonds is 1. The molecule has 3 aromatic rings. The summed E-state index contributed by atoms with van der Waals surface area (Å²) in [4.78, 5) is 37.6. The molecule has 0 bridgehead atoms. The molecule has 0 aliphatic carbocycles. The van der Waals surface area contributed by atoms with Crippen molar-refractivity contribution >= 4 is 40.2 Å². The monoisotopic (exact) mass is 324 g/mol. The van der Waals surface area contributed by atoms with Gasteiger partial charge in [-0.05, 0) is 6.07 Å². The molecule has 21 heavy (non-hydrogen) atoms. The van der Waals surface area contributed by atoms with Crippen LogP contribution in [0.25, 0.3) is 16.9 Å². The fourth-order valence-electron chi connectivity index (χ4n) is 1.83. The molecule has 0 saturated heterocycles. The number of anilines is 1. The van der Waals surface area contributed by atoms with E-state index in [2.05, 4.69) is 19.9 Å². The summed E-state index contributed by atoms with van der Waals surface area (Å²) in [5, 5.41) is 0.0779. The lowest BCUT2D eigenvalue weighted by atomic mass is 10.3. The Morgan fingerprint density at radius 1 is 1.24 bits per heavy atom. The summed E-state index contributed by atoms with van der Waals surface area (Å²) in [7, 11) is 0. The molecule has 0 saturated carbocycles. The lowest BCUT2D eigenvalue weighted by Gasteiger charge is -2.10. The Balaban J connectivity index is 2.53. The highest BCUT2D eigenvalue weighted by atomic mass is 35.5. The summed E-state index contributed by atoms with van der Waals surface area (Å²) in [5.74, 6) is 0.0374. The lowest BCUT2D eigenvalue weighted by molar-refractivity contribution is 0.915. The molecule has 3 rings (SSSR count). The van der Waals surface area contributed by atoms with Crippen LogP contribution in [0.5, 0.6) is 0 Å². The first-order valence-electron chi connectivity index (χ1n) is 5.57. The number of pyridine rings is 1. The van der Waals surface area contributed by atoms with Crippen LogP contribution < -0.4 is 17.0 Å². The first-order chi connectivity index (χ1) is 9.99. The Bertz CT molecular complexity index is 981. The van der Waals surface area contributed by atoms with Gasteiger partial charge in [-0.3, -0.25) is 9.78 Å². The average Bonchev–Trinajstić information content (AvgIpc) is 2.43. The molecule has 0 radical (unpaired) electrons. The third kappa shape index (κ3) is 2.14. The number of halogens is 2. The van der Waals surface area contributed by atoms with Gasteiger partial charge in [0.1, 0.15) is 16.0 Å². The molecule has 0 spiro atoms. The van der Waals surface area contributed by atoms with Crippen LogP contribution in [0.15, 0.2) is 28.0 Å². The van der Waals surface area contributed by atoms with Crippen LogP contribution in [-0.2, 0) is 0 Å². The number of aromatic nitrogens is 5. The Labute approximate surface area is 126 Å². The minimum Gasteiger partial charge on any atom is -0.382 e. The van der Waals surface area contributed by atoms with Gasteiger partial charge in [-0.2, -0.15) is 0 Å². The largest absolute Gasteiger partial charge is 0.382 e. The van der Waals surface area contributed by atoms with E-state index in [-0.39, 0.29) is 32.8 Å². The van der Waals surface area contributed by atoms with Crippen LogP contribution >= 0.6 is 23.2 Å². The number of nitrogens with one attached hydrogen (secondary N) is 1. The standard InChI is InChI=1S/C11H6Cl2N6O2/c12-5-3-16-7-9(17-5)19(11(21)18-10(7)20)4-1-2-15-8(14)6(4)13/h1-3H,(H2,14,15)(H,18,20,21). The first-order valence-corrected chi connectivity index (χ1v) is 6.32. The quantitative estimate of drug-likeness (QED) is 0.681. The van der Waals surface area contributed by atoms with Crippen molar-refractivity contribution in [2.75, 3.05) is 5.73 Å². The Kier molecular flexibility index (Phi) is 3.11. The maximum atomic E-state index is 12.1. The number of nitrogens with zero attached hydrogens (tertiary/aromatic N) is 4. The minimum absolute atomic E-state index is 0.0243. The summed E-state index contributed by atoms with van der Waals surface area (Å²) in [6.07, 6.45) is 2.58. The van der Waals surface area contributed by atoms with Crippen molar-refractivity contribution in [3.05, 3.63) is 49.5 Å². The van der Waals surface area contributed by atoms with Gasteiger partial charge >= 0.3 is 5.69 Å². The molecule has 0 aliphatic heterocycles. The number of H-pyrrole nitrogens is 1. The summed E-state index contributed by atoms with van der Waals surface area (Å²) in [6, 6.07) is 1.46. The number of nitrogens with two attached hydrogens (primary N) is 1. The predicted molar refractivity (Wildman–Crippen MR) is 78.0 cm³/mol. The normalized spacial score (nSPS) is 11.0. The molecule has 0 amide bonds. The molecule has 0 unspecified atom stereocenters. The number of aromatic amines is 1. The van der Waals surface area contributed by atoms with Gasteiger partial charge in [-0.1, -0.05) is 23.2 Å². The molecule has 0 atom stereocenters. The SMILES string of the molecule is Nc1nccc(-n2c(=O)[nH]c(=O)c3ncc(Cl)nc32)c1Cl. The molecule has 8 nitrogen and oxygen atoms in total. The number of nitrogen functional groups attached to an aromatic ring is 1. The number of hydrogen-bond acceptors (Lipinski definition) is 6. The van der Waals surface area contributed by atoms with E-state index < -0.39 is 11.2 Å². The van der Waals surface area contributed by atoms with Crippen molar-refractivity contribution in [1.82, 2.24) is 24.5 Å². The second-order valence-corrected chi connectivity index (χ2v) is 4.75. The molecular formula is C11H6Cl2N6O2. The average molecular weight is 325 g/mol. The van der Waals surface area contributed by atoms with Crippen LogP contribution in [0.3, 0.4) is 0 Å². The molecule has 0 aliphatic rings. The highest BCUT2D eigenvalue weighted by Gasteiger charge is 2.16. The zero-order valence-electron chi connectivity index (χ0n) is 10.2. The third-order valence-corrected chi connectivity index (χ3v) is 3.28. The van der Waals surface area contributed by atoms with Gasteiger partial charge in [-0.15, -0.1) is 0 Å². The smallest absolute Gasteiger partial charge is 0.334 e. The van der Waals surface area contributed by atoms with Gasteiger partial charge in [0.25, 0.3) is 5.56 Å². The van der Waals surface area contributed by atoms with Gasteiger partial charge in [-0.25, -0.2) is 24.3 Å². The maximum Gasteiger partial charge on any atom is 0.334 e. The van der Waals surface area contributed by atoms with Crippen LogP contribution in [0.1, 0.15) is 0 Å².